The maximum atomic E-state index is 4.64. The second-order valence-corrected chi connectivity index (χ2v) is 4.96. The Morgan fingerprint density at radius 3 is 2.69 bits per heavy atom. The highest BCUT2D eigenvalue weighted by molar-refractivity contribution is 7.13. The van der Waals surface area contributed by atoms with Crippen molar-refractivity contribution in [2.75, 3.05) is 0 Å². The molecular formula is C13H16N2S. The van der Waals surface area contributed by atoms with Crippen molar-refractivity contribution < 1.29 is 0 Å². The number of rotatable bonds is 3. The lowest BCUT2D eigenvalue weighted by molar-refractivity contribution is 0.824. The zero-order valence-electron chi connectivity index (χ0n) is 9.90. The summed E-state index contributed by atoms with van der Waals surface area (Å²) < 4.78 is 0. The first-order valence-corrected chi connectivity index (χ1v) is 6.50. The van der Waals surface area contributed by atoms with Crippen LogP contribution in [0, 0.1) is 0 Å². The van der Waals surface area contributed by atoms with Crippen molar-refractivity contribution >= 4 is 11.3 Å². The Morgan fingerprint density at radius 1 is 1.25 bits per heavy atom. The van der Waals surface area contributed by atoms with Gasteiger partial charge in [0, 0.05) is 11.1 Å². The topological polar surface area (TPSA) is 25.8 Å². The van der Waals surface area contributed by atoms with E-state index in [0.717, 1.165) is 28.5 Å². The Balaban J connectivity index is 2.36. The van der Waals surface area contributed by atoms with E-state index in [1.807, 2.05) is 6.07 Å². The minimum atomic E-state index is 0.463. The molecule has 0 spiro atoms. The number of aryl methyl sites for hydroxylation is 1. The maximum Gasteiger partial charge on any atom is 0.142 e. The summed E-state index contributed by atoms with van der Waals surface area (Å²) in [5, 5.41) is 3.14. The minimum Gasteiger partial charge on any atom is -0.250 e. The first-order valence-electron chi connectivity index (χ1n) is 5.62. The zero-order chi connectivity index (χ0) is 11.5. The molecule has 3 heteroatoms. The number of hydrogen-bond donors (Lipinski definition) is 0. The highest BCUT2D eigenvalue weighted by Gasteiger charge is 2.07. The van der Waals surface area contributed by atoms with Gasteiger partial charge >= 0.3 is 0 Å². The second kappa shape index (κ2) is 4.74. The van der Waals surface area contributed by atoms with Gasteiger partial charge in [0.2, 0.25) is 0 Å². The third-order valence-corrected chi connectivity index (χ3v) is 3.41. The fourth-order valence-corrected chi connectivity index (χ4v) is 2.35. The fourth-order valence-electron chi connectivity index (χ4n) is 1.48. The van der Waals surface area contributed by atoms with Gasteiger partial charge in [0.15, 0.2) is 0 Å². The van der Waals surface area contributed by atoms with Crippen molar-refractivity contribution in [3.8, 4) is 10.7 Å². The van der Waals surface area contributed by atoms with Crippen LogP contribution in [0.25, 0.3) is 10.7 Å². The third-order valence-electron chi connectivity index (χ3n) is 2.50. The van der Waals surface area contributed by atoms with E-state index < -0.39 is 0 Å². The fraction of sp³-hybridized carbons (Fsp3) is 0.385. The van der Waals surface area contributed by atoms with Crippen molar-refractivity contribution in [1.29, 1.82) is 0 Å². The highest BCUT2D eigenvalue weighted by atomic mass is 32.1. The van der Waals surface area contributed by atoms with Gasteiger partial charge in [0.1, 0.15) is 5.01 Å². The Kier molecular flexibility index (Phi) is 3.34. The predicted molar refractivity (Wildman–Crippen MR) is 68.8 cm³/mol. The van der Waals surface area contributed by atoms with E-state index in [4.69, 9.17) is 0 Å². The summed E-state index contributed by atoms with van der Waals surface area (Å²) in [5.41, 5.74) is 3.28. The van der Waals surface area contributed by atoms with Crippen LogP contribution in [0.2, 0.25) is 0 Å². The third kappa shape index (κ3) is 2.30. The summed E-state index contributed by atoms with van der Waals surface area (Å²) >= 11 is 1.67. The SMILES string of the molecule is CCc1csc(-c2cccc(C(C)C)n2)n1. The van der Waals surface area contributed by atoms with Gasteiger partial charge in [-0.1, -0.05) is 26.8 Å². The van der Waals surface area contributed by atoms with Crippen molar-refractivity contribution in [3.63, 3.8) is 0 Å². The van der Waals surface area contributed by atoms with Gasteiger partial charge in [-0.15, -0.1) is 11.3 Å². The molecule has 84 valence electrons. The molecule has 2 aromatic rings. The van der Waals surface area contributed by atoms with Gasteiger partial charge in [-0.3, -0.25) is 4.98 Å². The zero-order valence-corrected chi connectivity index (χ0v) is 10.7. The molecule has 2 rings (SSSR count). The van der Waals surface area contributed by atoms with Crippen LogP contribution in [0.3, 0.4) is 0 Å². The van der Waals surface area contributed by atoms with Crippen LogP contribution < -0.4 is 0 Å². The van der Waals surface area contributed by atoms with E-state index in [1.165, 1.54) is 0 Å². The maximum absolute atomic E-state index is 4.64. The molecule has 0 aromatic carbocycles. The molecule has 0 aliphatic rings. The summed E-state index contributed by atoms with van der Waals surface area (Å²) in [5.74, 6) is 0.463. The van der Waals surface area contributed by atoms with E-state index in [1.54, 1.807) is 11.3 Å². The summed E-state index contributed by atoms with van der Waals surface area (Å²) in [6, 6.07) is 6.16. The first-order chi connectivity index (χ1) is 7.70. The Hall–Kier alpha value is -1.22. The molecule has 0 radical (unpaired) electrons. The lowest BCUT2D eigenvalue weighted by atomic mass is 10.1. The van der Waals surface area contributed by atoms with E-state index in [0.29, 0.717) is 5.92 Å². The van der Waals surface area contributed by atoms with Crippen molar-refractivity contribution in [3.05, 3.63) is 35.0 Å². The van der Waals surface area contributed by atoms with E-state index in [9.17, 15) is 0 Å². The molecule has 0 aliphatic heterocycles. The monoisotopic (exact) mass is 232 g/mol. The Bertz CT molecular complexity index is 474. The molecule has 0 fully saturated rings. The van der Waals surface area contributed by atoms with Crippen LogP contribution in [-0.2, 0) is 6.42 Å². The lowest BCUT2D eigenvalue weighted by Crippen LogP contribution is -1.93. The van der Waals surface area contributed by atoms with Gasteiger partial charge in [0.05, 0.1) is 11.4 Å². The molecule has 2 aromatic heterocycles. The molecule has 0 saturated carbocycles. The average Bonchev–Trinajstić information content (AvgIpc) is 2.77. The minimum absolute atomic E-state index is 0.463. The van der Waals surface area contributed by atoms with Gasteiger partial charge in [0.25, 0.3) is 0 Å². The number of nitrogens with zero attached hydrogens (tertiary/aromatic N) is 2. The first kappa shape index (κ1) is 11.3. The molecule has 2 nitrogen and oxygen atoms in total. The van der Waals surface area contributed by atoms with Crippen LogP contribution >= 0.6 is 11.3 Å². The van der Waals surface area contributed by atoms with Crippen LogP contribution in [0.15, 0.2) is 23.6 Å². The van der Waals surface area contributed by atoms with E-state index >= 15 is 0 Å². The van der Waals surface area contributed by atoms with Crippen LogP contribution in [0.1, 0.15) is 38.1 Å². The normalized spacial score (nSPS) is 11.0. The summed E-state index contributed by atoms with van der Waals surface area (Å²) in [6.07, 6.45) is 0.986. The molecule has 0 bridgehead atoms. The predicted octanol–water partition coefficient (Wildman–Crippen LogP) is 3.89. The highest BCUT2D eigenvalue weighted by Crippen LogP contribution is 2.23. The van der Waals surface area contributed by atoms with Gasteiger partial charge in [-0.25, -0.2) is 4.98 Å². The summed E-state index contributed by atoms with van der Waals surface area (Å²) in [4.78, 5) is 9.19. The van der Waals surface area contributed by atoms with Crippen molar-refractivity contribution in [1.82, 2.24) is 9.97 Å². The Labute approximate surface area is 100 Å². The molecule has 0 atom stereocenters. The van der Waals surface area contributed by atoms with Gasteiger partial charge in [-0.2, -0.15) is 0 Å². The average molecular weight is 232 g/mol. The van der Waals surface area contributed by atoms with Gasteiger partial charge in [-0.05, 0) is 24.5 Å². The summed E-state index contributed by atoms with van der Waals surface area (Å²) in [6.45, 7) is 6.44. The second-order valence-electron chi connectivity index (χ2n) is 4.10. The van der Waals surface area contributed by atoms with E-state index in [2.05, 4.69) is 48.3 Å². The van der Waals surface area contributed by atoms with E-state index in [-0.39, 0.29) is 0 Å². The number of aromatic nitrogens is 2. The van der Waals surface area contributed by atoms with Crippen LogP contribution in [0.4, 0.5) is 0 Å². The Morgan fingerprint density at radius 2 is 2.06 bits per heavy atom. The van der Waals surface area contributed by atoms with Crippen molar-refractivity contribution in [2.45, 2.75) is 33.1 Å². The standard InChI is InChI=1S/C13H16N2S/c1-4-10-8-16-13(14-10)12-7-5-6-11(15-12)9(2)3/h5-9H,4H2,1-3H3. The summed E-state index contributed by atoms with van der Waals surface area (Å²) in [7, 11) is 0. The molecule has 2 heterocycles. The molecule has 0 aliphatic carbocycles. The molecule has 0 unspecified atom stereocenters. The number of hydrogen-bond acceptors (Lipinski definition) is 3. The van der Waals surface area contributed by atoms with Crippen LogP contribution in [0.5, 0.6) is 0 Å². The quantitative estimate of drug-likeness (QED) is 0.802. The smallest absolute Gasteiger partial charge is 0.142 e. The molecule has 0 N–H and O–H groups in total. The number of thiazole rings is 1. The molecule has 16 heavy (non-hydrogen) atoms. The van der Waals surface area contributed by atoms with Gasteiger partial charge < -0.3 is 0 Å². The molecule has 0 amide bonds. The molecule has 0 saturated heterocycles. The molecular weight excluding hydrogens is 216 g/mol. The van der Waals surface area contributed by atoms with Crippen molar-refractivity contribution in [2.24, 2.45) is 0 Å². The lowest BCUT2D eigenvalue weighted by Gasteiger charge is -2.04. The largest absolute Gasteiger partial charge is 0.250 e. The number of pyridine rings is 1. The van der Waals surface area contributed by atoms with Crippen LogP contribution in [-0.4, -0.2) is 9.97 Å².